The summed E-state index contributed by atoms with van der Waals surface area (Å²) < 4.78 is 7.22. The number of amides is 1. The van der Waals surface area contributed by atoms with E-state index in [1.807, 2.05) is 20.8 Å². The monoisotopic (exact) mass is 484 g/mol. The summed E-state index contributed by atoms with van der Waals surface area (Å²) in [6.07, 6.45) is -1.01. The molecule has 4 rings (SSSR count). The highest BCUT2D eigenvalue weighted by molar-refractivity contribution is 6.01. The third-order valence-corrected chi connectivity index (χ3v) is 5.95. The van der Waals surface area contributed by atoms with Gasteiger partial charge in [-0.1, -0.05) is 45.0 Å². The Labute approximate surface area is 208 Å². The van der Waals surface area contributed by atoms with Crippen LogP contribution in [0.1, 0.15) is 38.1 Å². The van der Waals surface area contributed by atoms with Crippen molar-refractivity contribution in [2.24, 2.45) is 5.41 Å². The third kappa shape index (κ3) is 5.05. The molecule has 0 bridgehead atoms. The van der Waals surface area contributed by atoms with E-state index in [-0.39, 0.29) is 23.7 Å². The smallest absolute Gasteiger partial charge is 0.326 e. The number of anilines is 1. The van der Waals surface area contributed by atoms with Gasteiger partial charge in [0.15, 0.2) is 11.5 Å². The molecular weight excluding hydrogens is 456 g/mol. The molecule has 184 valence electrons. The van der Waals surface area contributed by atoms with E-state index < -0.39 is 17.5 Å². The molecular formula is C29H28N2O5. The molecule has 1 heterocycles. The zero-order valence-corrected chi connectivity index (χ0v) is 20.7. The minimum absolute atomic E-state index is 0.100. The molecule has 1 N–H and O–H groups in total. The molecule has 0 saturated heterocycles. The van der Waals surface area contributed by atoms with Gasteiger partial charge in [-0.25, -0.2) is 0 Å². The summed E-state index contributed by atoms with van der Waals surface area (Å²) in [6, 6.07) is 20.7. The number of carbonyl (C=O) groups is 3. The Morgan fingerprint density at radius 2 is 1.39 bits per heavy atom. The fraction of sp³-hybridized carbons (Fsp3) is 0.241. The highest BCUT2D eigenvalue weighted by atomic mass is 16.5. The summed E-state index contributed by atoms with van der Waals surface area (Å²) in [6.45, 7) is 6.81. The predicted octanol–water partition coefficient (Wildman–Crippen LogP) is 4.95. The lowest BCUT2D eigenvalue weighted by Crippen LogP contribution is -2.28. The molecule has 0 saturated carbocycles. The molecule has 0 aliphatic heterocycles. The molecule has 1 atom stereocenters. The molecule has 0 aliphatic carbocycles. The Hall–Kier alpha value is -4.26. The lowest BCUT2D eigenvalue weighted by atomic mass is 9.95. The van der Waals surface area contributed by atoms with Crippen LogP contribution < -0.4 is 10.7 Å². The van der Waals surface area contributed by atoms with Crippen molar-refractivity contribution >= 4 is 45.2 Å². The second kappa shape index (κ2) is 9.77. The first-order valence-corrected chi connectivity index (χ1v) is 11.7. The van der Waals surface area contributed by atoms with E-state index >= 15 is 0 Å². The topological polar surface area (TPSA) is 94.5 Å². The summed E-state index contributed by atoms with van der Waals surface area (Å²) in [7, 11) is 0. The second-order valence-electron chi connectivity index (χ2n) is 9.73. The minimum atomic E-state index is -1.01. The molecule has 0 radical (unpaired) electrons. The number of pyridine rings is 1. The number of nitrogens with zero attached hydrogens (tertiary/aromatic N) is 1. The largest absolute Gasteiger partial charge is 0.453 e. The Morgan fingerprint density at radius 3 is 1.92 bits per heavy atom. The molecule has 7 nitrogen and oxygen atoms in total. The van der Waals surface area contributed by atoms with Crippen LogP contribution in [-0.2, 0) is 20.9 Å². The predicted molar refractivity (Wildman–Crippen MR) is 140 cm³/mol. The summed E-state index contributed by atoms with van der Waals surface area (Å²) in [5.41, 5.74) is 1.53. The van der Waals surface area contributed by atoms with Crippen LogP contribution in [0.15, 0.2) is 77.6 Å². The summed E-state index contributed by atoms with van der Waals surface area (Å²) in [4.78, 5) is 50.8. The highest BCUT2D eigenvalue weighted by Crippen LogP contribution is 2.21. The number of hydrogen-bond donors (Lipinski definition) is 1. The lowest BCUT2D eigenvalue weighted by Gasteiger charge is -2.18. The number of esters is 1. The van der Waals surface area contributed by atoms with Crippen LogP contribution in [0, 0.1) is 5.41 Å². The van der Waals surface area contributed by atoms with Gasteiger partial charge < -0.3 is 14.6 Å². The Morgan fingerprint density at radius 1 is 0.861 bits per heavy atom. The Bertz CT molecular complexity index is 1470. The quantitative estimate of drug-likeness (QED) is 0.237. The van der Waals surface area contributed by atoms with Crippen LogP contribution in [0.25, 0.3) is 21.8 Å². The number of aromatic nitrogens is 1. The summed E-state index contributed by atoms with van der Waals surface area (Å²) >= 11 is 0. The number of carbonyl (C=O) groups excluding carboxylic acids is 3. The van der Waals surface area contributed by atoms with E-state index in [1.165, 1.54) is 6.92 Å². The van der Waals surface area contributed by atoms with Crippen LogP contribution in [0.2, 0.25) is 0 Å². The van der Waals surface area contributed by atoms with E-state index in [1.54, 1.807) is 77.4 Å². The number of Topliss-reactive ketones (excluding diaryl/α,β-unsaturated/α-hetero) is 1. The van der Waals surface area contributed by atoms with Crippen molar-refractivity contribution in [3.63, 3.8) is 0 Å². The minimum Gasteiger partial charge on any atom is -0.453 e. The first-order valence-electron chi connectivity index (χ1n) is 11.7. The van der Waals surface area contributed by atoms with Crippen molar-refractivity contribution < 1.29 is 19.1 Å². The van der Waals surface area contributed by atoms with Gasteiger partial charge in [0, 0.05) is 27.4 Å². The number of hydrogen-bond acceptors (Lipinski definition) is 5. The standard InChI is InChI=1S/C29H28N2O5/c1-18(26(33)19-13-15-20(16-14-19)30-28(35)29(2,3)4)36-25(32)17-31-23-11-7-5-9-21(23)27(34)22-10-6-8-12-24(22)31/h5-16,18H,17H2,1-4H3,(H,30,35). The average molecular weight is 485 g/mol. The number of benzene rings is 3. The maximum absolute atomic E-state index is 12.9. The maximum Gasteiger partial charge on any atom is 0.326 e. The van der Waals surface area contributed by atoms with Crippen molar-refractivity contribution in [1.29, 1.82) is 0 Å². The zero-order chi connectivity index (χ0) is 26.0. The molecule has 4 aromatic rings. The van der Waals surface area contributed by atoms with Crippen LogP contribution in [0.5, 0.6) is 0 Å². The fourth-order valence-corrected chi connectivity index (χ4v) is 3.94. The van der Waals surface area contributed by atoms with Gasteiger partial charge in [-0.2, -0.15) is 0 Å². The van der Waals surface area contributed by atoms with Crippen molar-refractivity contribution in [3.8, 4) is 0 Å². The van der Waals surface area contributed by atoms with Gasteiger partial charge in [0.25, 0.3) is 0 Å². The maximum atomic E-state index is 12.9. The number of rotatable bonds is 6. The van der Waals surface area contributed by atoms with Gasteiger partial charge in [-0.3, -0.25) is 19.2 Å². The Balaban J connectivity index is 1.51. The number of ether oxygens (including phenoxy) is 1. The first kappa shape index (κ1) is 24.9. The molecule has 3 aromatic carbocycles. The van der Waals surface area contributed by atoms with Crippen LogP contribution >= 0.6 is 0 Å². The van der Waals surface area contributed by atoms with Gasteiger partial charge in [-0.15, -0.1) is 0 Å². The van der Waals surface area contributed by atoms with E-state index in [0.29, 0.717) is 33.1 Å². The van der Waals surface area contributed by atoms with Gasteiger partial charge in [0.1, 0.15) is 6.54 Å². The van der Waals surface area contributed by atoms with Gasteiger partial charge in [-0.05, 0) is 55.5 Å². The molecule has 0 spiro atoms. The third-order valence-electron chi connectivity index (χ3n) is 5.95. The lowest BCUT2D eigenvalue weighted by molar-refractivity contribution is -0.146. The zero-order valence-electron chi connectivity index (χ0n) is 20.7. The van der Waals surface area contributed by atoms with Crippen LogP contribution in [0.3, 0.4) is 0 Å². The van der Waals surface area contributed by atoms with E-state index in [0.717, 1.165) is 0 Å². The van der Waals surface area contributed by atoms with Crippen molar-refractivity contribution in [1.82, 2.24) is 4.57 Å². The molecule has 7 heteroatoms. The van der Waals surface area contributed by atoms with Gasteiger partial charge in [0.05, 0.1) is 11.0 Å². The van der Waals surface area contributed by atoms with Crippen molar-refractivity contribution in [2.75, 3.05) is 5.32 Å². The number of ketones is 1. The molecule has 36 heavy (non-hydrogen) atoms. The highest BCUT2D eigenvalue weighted by Gasteiger charge is 2.23. The fourth-order valence-electron chi connectivity index (χ4n) is 3.94. The van der Waals surface area contributed by atoms with Crippen LogP contribution in [0.4, 0.5) is 5.69 Å². The Kier molecular flexibility index (Phi) is 6.75. The molecule has 0 aliphatic rings. The van der Waals surface area contributed by atoms with Gasteiger partial charge >= 0.3 is 5.97 Å². The van der Waals surface area contributed by atoms with E-state index in [4.69, 9.17) is 4.74 Å². The SMILES string of the molecule is CC(OC(=O)Cn1c2ccccc2c(=O)c2ccccc21)C(=O)c1ccc(NC(=O)C(C)(C)C)cc1. The number of para-hydroxylation sites is 2. The summed E-state index contributed by atoms with van der Waals surface area (Å²) in [5.74, 6) is -1.08. The number of fused-ring (bicyclic) bond motifs is 2. The molecule has 1 aromatic heterocycles. The second-order valence-corrected chi connectivity index (χ2v) is 9.73. The van der Waals surface area contributed by atoms with Gasteiger partial charge in [0.2, 0.25) is 11.7 Å². The van der Waals surface area contributed by atoms with Crippen molar-refractivity contribution in [2.45, 2.75) is 40.3 Å². The molecule has 0 fully saturated rings. The molecule has 1 amide bonds. The number of nitrogens with one attached hydrogen (secondary N) is 1. The van der Waals surface area contributed by atoms with E-state index in [9.17, 15) is 19.2 Å². The normalized spacial score (nSPS) is 12.3. The first-order chi connectivity index (χ1) is 17.1. The molecule has 1 unspecified atom stereocenters. The van der Waals surface area contributed by atoms with Crippen LogP contribution in [-0.4, -0.2) is 28.3 Å². The van der Waals surface area contributed by atoms with Crippen molar-refractivity contribution in [3.05, 3.63) is 88.6 Å². The summed E-state index contributed by atoms with van der Waals surface area (Å²) in [5, 5.41) is 3.82. The average Bonchev–Trinajstić information content (AvgIpc) is 2.86. The van der Waals surface area contributed by atoms with E-state index in [2.05, 4.69) is 5.32 Å².